The van der Waals surface area contributed by atoms with Crippen molar-refractivity contribution in [1.82, 2.24) is 0 Å². The second kappa shape index (κ2) is 5.58. The highest BCUT2D eigenvalue weighted by atomic mass is 16.3. The SMILES string of the molecule is CCCC(C)(O)CCC(C)CC. The van der Waals surface area contributed by atoms with E-state index in [4.69, 9.17) is 0 Å². The molecule has 0 heterocycles. The molecule has 1 nitrogen and oxygen atoms in total. The summed E-state index contributed by atoms with van der Waals surface area (Å²) in [6.07, 6.45) is 5.35. The monoisotopic (exact) mass is 172 g/mol. The second-order valence-corrected chi connectivity index (χ2v) is 4.30. The molecular formula is C11H24O. The Morgan fingerprint density at radius 2 is 1.83 bits per heavy atom. The van der Waals surface area contributed by atoms with Crippen LogP contribution in [-0.4, -0.2) is 10.7 Å². The van der Waals surface area contributed by atoms with E-state index in [0.717, 1.165) is 31.6 Å². The highest BCUT2D eigenvalue weighted by molar-refractivity contribution is 4.72. The van der Waals surface area contributed by atoms with E-state index in [2.05, 4.69) is 20.8 Å². The first-order valence-electron chi connectivity index (χ1n) is 5.24. The summed E-state index contributed by atoms with van der Waals surface area (Å²) in [4.78, 5) is 0. The van der Waals surface area contributed by atoms with Crippen LogP contribution >= 0.6 is 0 Å². The maximum atomic E-state index is 9.86. The zero-order chi connectivity index (χ0) is 9.61. The van der Waals surface area contributed by atoms with Gasteiger partial charge in [-0.25, -0.2) is 0 Å². The number of rotatable bonds is 6. The lowest BCUT2D eigenvalue weighted by Crippen LogP contribution is -2.24. The zero-order valence-electron chi connectivity index (χ0n) is 9.06. The van der Waals surface area contributed by atoms with Gasteiger partial charge in [0, 0.05) is 0 Å². The molecule has 12 heavy (non-hydrogen) atoms. The molecule has 0 aromatic carbocycles. The Kier molecular flexibility index (Phi) is 5.56. The minimum absolute atomic E-state index is 0.418. The average Bonchev–Trinajstić information content (AvgIpc) is 2.00. The van der Waals surface area contributed by atoms with Crippen LogP contribution in [0.15, 0.2) is 0 Å². The summed E-state index contributed by atoms with van der Waals surface area (Å²) in [6.45, 7) is 8.54. The van der Waals surface area contributed by atoms with Gasteiger partial charge >= 0.3 is 0 Å². The Bertz CT molecular complexity index is 108. The summed E-state index contributed by atoms with van der Waals surface area (Å²) >= 11 is 0. The molecule has 74 valence electrons. The molecule has 0 saturated heterocycles. The Morgan fingerprint density at radius 3 is 2.25 bits per heavy atom. The van der Waals surface area contributed by atoms with Gasteiger partial charge in [-0.2, -0.15) is 0 Å². The van der Waals surface area contributed by atoms with Crippen LogP contribution in [0, 0.1) is 5.92 Å². The quantitative estimate of drug-likeness (QED) is 0.651. The van der Waals surface area contributed by atoms with Crippen LogP contribution in [0.4, 0.5) is 0 Å². The molecule has 0 aromatic heterocycles. The molecular weight excluding hydrogens is 148 g/mol. The van der Waals surface area contributed by atoms with Gasteiger partial charge in [-0.1, -0.05) is 33.6 Å². The predicted octanol–water partition coefficient (Wildman–Crippen LogP) is 3.36. The van der Waals surface area contributed by atoms with Gasteiger partial charge in [0.05, 0.1) is 5.60 Å². The molecule has 0 fully saturated rings. The van der Waals surface area contributed by atoms with Crippen molar-refractivity contribution in [2.24, 2.45) is 5.92 Å². The van der Waals surface area contributed by atoms with Crippen molar-refractivity contribution in [2.45, 2.75) is 65.4 Å². The smallest absolute Gasteiger partial charge is 0.0619 e. The zero-order valence-corrected chi connectivity index (χ0v) is 9.06. The molecule has 2 atom stereocenters. The van der Waals surface area contributed by atoms with Crippen molar-refractivity contribution in [3.8, 4) is 0 Å². The molecule has 0 spiro atoms. The summed E-state index contributed by atoms with van der Waals surface area (Å²) in [5.74, 6) is 0.758. The molecule has 0 saturated carbocycles. The van der Waals surface area contributed by atoms with Crippen molar-refractivity contribution >= 4 is 0 Å². The van der Waals surface area contributed by atoms with Gasteiger partial charge in [-0.05, 0) is 32.1 Å². The van der Waals surface area contributed by atoms with Gasteiger partial charge in [0.1, 0.15) is 0 Å². The lowest BCUT2D eigenvalue weighted by molar-refractivity contribution is 0.0352. The van der Waals surface area contributed by atoms with E-state index in [1.54, 1.807) is 0 Å². The van der Waals surface area contributed by atoms with Gasteiger partial charge in [-0.15, -0.1) is 0 Å². The lowest BCUT2D eigenvalue weighted by Gasteiger charge is -2.23. The standard InChI is InChI=1S/C11H24O/c1-5-8-11(4,12)9-7-10(3)6-2/h10,12H,5-9H2,1-4H3. The fraction of sp³-hybridized carbons (Fsp3) is 1.00. The van der Waals surface area contributed by atoms with Crippen molar-refractivity contribution in [3.05, 3.63) is 0 Å². The van der Waals surface area contributed by atoms with E-state index in [1.165, 1.54) is 6.42 Å². The molecule has 0 aliphatic heterocycles. The van der Waals surface area contributed by atoms with Gasteiger partial charge in [0.25, 0.3) is 0 Å². The van der Waals surface area contributed by atoms with E-state index < -0.39 is 5.60 Å². The molecule has 0 aliphatic rings. The third kappa shape index (κ3) is 5.59. The average molecular weight is 172 g/mol. The highest BCUT2D eigenvalue weighted by Crippen LogP contribution is 2.22. The summed E-state index contributed by atoms with van der Waals surface area (Å²) in [5, 5.41) is 9.86. The third-order valence-corrected chi connectivity index (χ3v) is 2.66. The normalized spacial score (nSPS) is 18.8. The first kappa shape index (κ1) is 12.0. The highest BCUT2D eigenvalue weighted by Gasteiger charge is 2.19. The molecule has 0 rings (SSSR count). The fourth-order valence-electron chi connectivity index (χ4n) is 1.43. The summed E-state index contributed by atoms with van der Waals surface area (Å²) in [5.41, 5.74) is -0.418. The topological polar surface area (TPSA) is 20.2 Å². The van der Waals surface area contributed by atoms with Crippen molar-refractivity contribution in [2.75, 3.05) is 0 Å². The fourth-order valence-corrected chi connectivity index (χ4v) is 1.43. The third-order valence-electron chi connectivity index (χ3n) is 2.66. The van der Waals surface area contributed by atoms with Crippen LogP contribution < -0.4 is 0 Å². The maximum Gasteiger partial charge on any atom is 0.0619 e. The van der Waals surface area contributed by atoms with E-state index >= 15 is 0 Å². The summed E-state index contributed by atoms with van der Waals surface area (Å²) < 4.78 is 0. The Hall–Kier alpha value is -0.0400. The molecule has 1 heteroatoms. The first-order chi connectivity index (χ1) is 5.52. The van der Waals surface area contributed by atoms with Crippen molar-refractivity contribution in [3.63, 3.8) is 0 Å². The first-order valence-corrected chi connectivity index (χ1v) is 5.24. The molecule has 0 radical (unpaired) electrons. The Labute approximate surface area is 77.2 Å². The Morgan fingerprint density at radius 1 is 1.25 bits per heavy atom. The van der Waals surface area contributed by atoms with Crippen LogP contribution in [0.1, 0.15) is 59.8 Å². The van der Waals surface area contributed by atoms with Gasteiger partial charge in [0.2, 0.25) is 0 Å². The second-order valence-electron chi connectivity index (χ2n) is 4.30. The lowest BCUT2D eigenvalue weighted by atomic mass is 9.90. The maximum absolute atomic E-state index is 9.86. The molecule has 0 bridgehead atoms. The molecule has 1 N–H and O–H groups in total. The summed E-state index contributed by atoms with van der Waals surface area (Å²) in [6, 6.07) is 0. The van der Waals surface area contributed by atoms with Crippen molar-refractivity contribution < 1.29 is 5.11 Å². The van der Waals surface area contributed by atoms with Crippen molar-refractivity contribution in [1.29, 1.82) is 0 Å². The van der Waals surface area contributed by atoms with E-state index in [0.29, 0.717) is 0 Å². The van der Waals surface area contributed by atoms with E-state index in [-0.39, 0.29) is 0 Å². The van der Waals surface area contributed by atoms with Crippen LogP contribution in [0.25, 0.3) is 0 Å². The summed E-state index contributed by atoms with van der Waals surface area (Å²) in [7, 11) is 0. The minimum atomic E-state index is -0.418. The van der Waals surface area contributed by atoms with Gasteiger partial charge in [0.15, 0.2) is 0 Å². The van der Waals surface area contributed by atoms with Crippen LogP contribution in [0.2, 0.25) is 0 Å². The minimum Gasteiger partial charge on any atom is -0.390 e. The van der Waals surface area contributed by atoms with Gasteiger partial charge < -0.3 is 5.11 Å². The molecule has 0 aliphatic carbocycles. The van der Waals surface area contributed by atoms with Gasteiger partial charge in [-0.3, -0.25) is 0 Å². The molecule has 2 unspecified atom stereocenters. The van der Waals surface area contributed by atoms with Crippen LogP contribution in [0.3, 0.4) is 0 Å². The predicted molar refractivity (Wildman–Crippen MR) is 54.2 cm³/mol. The van der Waals surface area contributed by atoms with Crippen LogP contribution in [0.5, 0.6) is 0 Å². The molecule has 0 aromatic rings. The Balaban J connectivity index is 3.59. The molecule has 0 amide bonds. The number of aliphatic hydroxyl groups is 1. The van der Waals surface area contributed by atoms with E-state index in [9.17, 15) is 5.11 Å². The van der Waals surface area contributed by atoms with Crippen LogP contribution in [-0.2, 0) is 0 Å². The van der Waals surface area contributed by atoms with E-state index in [1.807, 2.05) is 6.92 Å². The largest absolute Gasteiger partial charge is 0.390 e. The number of hydrogen-bond donors (Lipinski definition) is 1. The number of hydrogen-bond acceptors (Lipinski definition) is 1.